The van der Waals surface area contributed by atoms with Crippen molar-refractivity contribution in [3.63, 3.8) is 0 Å². The summed E-state index contributed by atoms with van der Waals surface area (Å²) >= 11 is 0. The third-order valence-electron chi connectivity index (χ3n) is 4.80. The molecular weight excluding hydrogens is 383 g/mol. The topological polar surface area (TPSA) is 61.4 Å². The van der Waals surface area contributed by atoms with Gasteiger partial charge in [-0.25, -0.2) is 0 Å². The zero-order chi connectivity index (χ0) is 21.7. The number of carbonyl (C=O) groups is 2. The van der Waals surface area contributed by atoms with Crippen LogP contribution in [0.5, 0.6) is 0 Å². The molecule has 0 aromatic heterocycles. The minimum absolute atomic E-state index is 0.0372. The summed E-state index contributed by atoms with van der Waals surface area (Å²) in [5.41, 5.74) is -0.327. The number of amides is 2. The minimum Gasteiger partial charge on any atom is -0.350 e. The number of halogens is 3. The van der Waals surface area contributed by atoms with Gasteiger partial charge in [0.15, 0.2) is 0 Å². The van der Waals surface area contributed by atoms with Gasteiger partial charge in [0, 0.05) is 18.5 Å². The van der Waals surface area contributed by atoms with Crippen molar-refractivity contribution >= 4 is 11.8 Å². The molecule has 2 N–H and O–H groups in total. The molecule has 0 bridgehead atoms. The van der Waals surface area contributed by atoms with Gasteiger partial charge in [0.1, 0.15) is 0 Å². The summed E-state index contributed by atoms with van der Waals surface area (Å²) < 4.78 is 38.5. The van der Waals surface area contributed by atoms with Crippen LogP contribution in [0.4, 0.5) is 13.2 Å². The van der Waals surface area contributed by atoms with Crippen LogP contribution in [0.3, 0.4) is 0 Å². The normalized spacial score (nSPS) is 16.5. The maximum Gasteiger partial charge on any atom is 0.416 e. The molecule has 0 aliphatic carbocycles. The lowest BCUT2D eigenvalue weighted by Crippen LogP contribution is -2.46. The van der Waals surface area contributed by atoms with E-state index in [0.717, 1.165) is 32.0 Å². The first-order chi connectivity index (χ1) is 13.4. The van der Waals surface area contributed by atoms with Gasteiger partial charge in [-0.05, 0) is 64.3 Å². The third-order valence-corrected chi connectivity index (χ3v) is 4.80. The molecule has 1 aromatic carbocycles. The SMILES string of the molecule is CC(C)(C)NC(=O)CNC(=O)CC1CCN(Cc2cccc(C(F)(F)F)c2)CC1. The number of carbonyl (C=O) groups excluding carboxylic acids is 2. The number of hydrogen-bond acceptors (Lipinski definition) is 3. The predicted octanol–water partition coefficient (Wildman–Crippen LogP) is 3.34. The van der Waals surface area contributed by atoms with Crippen molar-refractivity contribution in [2.75, 3.05) is 19.6 Å². The van der Waals surface area contributed by atoms with Crippen LogP contribution < -0.4 is 10.6 Å². The summed E-state index contributed by atoms with van der Waals surface area (Å²) in [7, 11) is 0. The summed E-state index contributed by atoms with van der Waals surface area (Å²) in [6, 6.07) is 5.42. The number of alkyl halides is 3. The molecule has 0 spiro atoms. The molecule has 5 nitrogen and oxygen atoms in total. The zero-order valence-corrected chi connectivity index (χ0v) is 17.2. The van der Waals surface area contributed by atoms with Gasteiger partial charge < -0.3 is 10.6 Å². The van der Waals surface area contributed by atoms with Crippen molar-refractivity contribution < 1.29 is 22.8 Å². The van der Waals surface area contributed by atoms with Crippen LogP contribution in [0.2, 0.25) is 0 Å². The molecule has 1 aliphatic heterocycles. The van der Waals surface area contributed by atoms with Gasteiger partial charge in [-0.15, -0.1) is 0 Å². The fourth-order valence-electron chi connectivity index (χ4n) is 3.43. The first-order valence-electron chi connectivity index (χ1n) is 9.88. The predicted molar refractivity (Wildman–Crippen MR) is 105 cm³/mol. The Hall–Kier alpha value is -2.09. The van der Waals surface area contributed by atoms with E-state index in [-0.39, 0.29) is 29.8 Å². The molecule has 162 valence electrons. The van der Waals surface area contributed by atoms with Crippen LogP contribution in [0.15, 0.2) is 24.3 Å². The van der Waals surface area contributed by atoms with E-state index in [4.69, 9.17) is 0 Å². The van der Waals surface area contributed by atoms with Crippen LogP contribution in [0.1, 0.15) is 51.2 Å². The monoisotopic (exact) mass is 413 g/mol. The Balaban J connectivity index is 1.72. The first kappa shape index (κ1) is 23.2. The second kappa shape index (κ2) is 9.61. The number of likely N-dealkylation sites (tertiary alicyclic amines) is 1. The van der Waals surface area contributed by atoms with Crippen LogP contribution in [0.25, 0.3) is 0 Å². The molecule has 0 atom stereocenters. The van der Waals surface area contributed by atoms with Crippen molar-refractivity contribution in [2.24, 2.45) is 5.92 Å². The van der Waals surface area contributed by atoms with E-state index in [0.29, 0.717) is 18.5 Å². The highest BCUT2D eigenvalue weighted by Crippen LogP contribution is 2.30. The average molecular weight is 413 g/mol. The van der Waals surface area contributed by atoms with Gasteiger partial charge in [0.2, 0.25) is 11.8 Å². The minimum atomic E-state index is -4.33. The Morgan fingerprint density at radius 3 is 2.34 bits per heavy atom. The van der Waals surface area contributed by atoms with Gasteiger partial charge >= 0.3 is 6.18 Å². The highest BCUT2D eigenvalue weighted by Gasteiger charge is 2.30. The van der Waals surface area contributed by atoms with E-state index in [1.54, 1.807) is 6.07 Å². The Morgan fingerprint density at radius 2 is 1.76 bits per heavy atom. The Bertz CT molecular complexity index is 706. The second-order valence-corrected chi connectivity index (χ2v) is 8.70. The van der Waals surface area contributed by atoms with Crippen LogP contribution in [-0.2, 0) is 22.3 Å². The Labute approximate surface area is 170 Å². The van der Waals surface area contributed by atoms with Gasteiger partial charge in [-0.1, -0.05) is 18.2 Å². The van der Waals surface area contributed by atoms with Gasteiger partial charge in [-0.2, -0.15) is 13.2 Å². The fourth-order valence-corrected chi connectivity index (χ4v) is 3.43. The largest absolute Gasteiger partial charge is 0.416 e. The molecule has 1 heterocycles. The molecular formula is C21H30F3N3O2. The fraction of sp³-hybridized carbons (Fsp3) is 0.619. The van der Waals surface area contributed by atoms with E-state index in [9.17, 15) is 22.8 Å². The molecule has 2 rings (SSSR count). The van der Waals surface area contributed by atoms with Crippen molar-refractivity contribution in [3.05, 3.63) is 35.4 Å². The van der Waals surface area contributed by atoms with E-state index in [1.807, 2.05) is 20.8 Å². The molecule has 0 radical (unpaired) electrons. The molecule has 1 saturated heterocycles. The van der Waals surface area contributed by atoms with Crippen molar-refractivity contribution in [2.45, 2.75) is 58.3 Å². The standard InChI is InChI=1S/C21H30F3N3O2/c1-20(2,3)26-19(29)13-25-18(28)12-15-7-9-27(10-8-15)14-16-5-4-6-17(11-16)21(22,23)24/h4-6,11,15H,7-10,12-14H2,1-3H3,(H,25,28)(H,26,29). The highest BCUT2D eigenvalue weighted by atomic mass is 19.4. The number of rotatable bonds is 6. The van der Waals surface area contributed by atoms with E-state index in [1.165, 1.54) is 12.1 Å². The summed E-state index contributed by atoms with van der Waals surface area (Å²) in [5.74, 6) is -0.148. The maximum atomic E-state index is 12.8. The van der Waals surface area contributed by atoms with Crippen molar-refractivity contribution in [3.8, 4) is 0 Å². The summed E-state index contributed by atoms with van der Waals surface area (Å²) in [6.45, 7) is 7.53. The lowest BCUT2D eigenvalue weighted by Gasteiger charge is -2.31. The van der Waals surface area contributed by atoms with Crippen molar-refractivity contribution in [1.82, 2.24) is 15.5 Å². The molecule has 8 heteroatoms. The zero-order valence-electron chi connectivity index (χ0n) is 17.2. The second-order valence-electron chi connectivity index (χ2n) is 8.70. The Kier molecular flexibility index (Phi) is 7.68. The summed E-state index contributed by atoms with van der Waals surface area (Å²) in [4.78, 5) is 25.9. The molecule has 29 heavy (non-hydrogen) atoms. The maximum absolute atomic E-state index is 12.8. The average Bonchev–Trinajstić information content (AvgIpc) is 2.60. The number of nitrogens with zero attached hydrogens (tertiary/aromatic N) is 1. The smallest absolute Gasteiger partial charge is 0.350 e. The third kappa shape index (κ3) is 8.43. The number of benzene rings is 1. The number of nitrogens with one attached hydrogen (secondary N) is 2. The van der Waals surface area contributed by atoms with E-state index in [2.05, 4.69) is 15.5 Å². The van der Waals surface area contributed by atoms with Crippen LogP contribution >= 0.6 is 0 Å². The summed E-state index contributed by atoms with van der Waals surface area (Å²) in [6.07, 6.45) is -2.36. The number of hydrogen-bond donors (Lipinski definition) is 2. The molecule has 2 amide bonds. The van der Waals surface area contributed by atoms with Crippen molar-refractivity contribution in [1.29, 1.82) is 0 Å². The van der Waals surface area contributed by atoms with E-state index >= 15 is 0 Å². The molecule has 0 saturated carbocycles. The quantitative estimate of drug-likeness (QED) is 0.752. The van der Waals surface area contributed by atoms with Crippen LogP contribution in [0, 0.1) is 5.92 Å². The Morgan fingerprint density at radius 1 is 1.10 bits per heavy atom. The van der Waals surface area contributed by atoms with E-state index < -0.39 is 11.7 Å². The van der Waals surface area contributed by atoms with Gasteiger partial charge in [0.05, 0.1) is 12.1 Å². The highest BCUT2D eigenvalue weighted by molar-refractivity contribution is 5.85. The number of piperidine rings is 1. The lowest BCUT2D eigenvalue weighted by atomic mass is 9.93. The summed E-state index contributed by atoms with van der Waals surface area (Å²) in [5, 5.41) is 5.44. The molecule has 1 aromatic rings. The van der Waals surface area contributed by atoms with Crippen LogP contribution in [-0.4, -0.2) is 41.9 Å². The molecule has 1 fully saturated rings. The van der Waals surface area contributed by atoms with Gasteiger partial charge in [0.25, 0.3) is 0 Å². The lowest BCUT2D eigenvalue weighted by molar-refractivity contribution is -0.137. The molecule has 0 unspecified atom stereocenters. The first-order valence-corrected chi connectivity index (χ1v) is 9.88. The molecule has 1 aliphatic rings. The van der Waals surface area contributed by atoms with Gasteiger partial charge in [-0.3, -0.25) is 14.5 Å².